The lowest BCUT2D eigenvalue weighted by atomic mass is 9.83. The van der Waals surface area contributed by atoms with Crippen molar-refractivity contribution >= 4 is 12.2 Å². The van der Waals surface area contributed by atoms with Crippen LogP contribution in [0.3, 0.4) is 0 Å². The van der Waals surface area contributed by atoms with E-state index in [0.29, 0.717) is 25.1 Å². The number of aryl methyl sites for hydroxylation is 1. The van der Waals surface area contributed by atoms with E-state index in [0.717, 1.165) is 35.1 Å². The first-order chi connectivity index (χ1) is 11.5. The van der Waals surface area contributed by atoms with Gasteiger partial charge in [-0.3, -0.25) is 9.59 Å². The fourth-order valence-electron chi connectivity index (χ4n) is 3.51. The zero-order chi connectivity index (χ0) is 17.3. The minimum atomic E-state index is -0.109. The minimum Gasteiger partial charge on any atom is -0.504 e. The standard InChI is InChI=1S/C19H21NO4/c1-12-7-19(24-2)18(23)10-14(12)9-17-16-4-3-15(22)8-13(16)5-6-20(17)11-21/h3-4,7,10-11,17,23H,5-6,8-9H2,1-2H3. The summed E-state index contributed by atoms with van der Waals surface area (Å²) >= 11 is 0. The molecule has 0 aromatic heterocycles. The third-order valence-corrected chi connectivity index (χ3v) is 4.86. The molecule has 0 radical (unpaired) electrons. The second kappa shape index (κ2) is 6.51. The molecule has 0 saturated heterocycles. The number of hydrogen-bond donors (Lipinski definition) is 1. The van der Waals surface area contributed by atoms with E-state index in [2.05, 4.69) is 0 Å². The Morgan fingerprint density at radius 2 is 2.17 bits per heavy atom. The zero-order valence-electron chi connectivity index (χ0n) is 13.9. The average molecular weight is 327 g/mol. The van der Waals surface area contributed by atoms with Crippen LogP contribution in [0.4, 0.5) is 0 Å². The fourth-order valence-corrected chi connectivity index (χ4v) is 3.51. The Bertz CT molecular complexity index is 748. The Balaban J connectivity index is 1.96. The van der Waals surface area contributed by atoms with Crippen molar-refractivity contribution in [2.75, 3.05) is 13.7 Å². The van der Waals surface area contributed by atoms with E-state index in [-0.39, 0.29) is 17.6 Å². The summed E-state index contributed by atoms with van der Waals surface area (Å²) < 4.78 is 5.14. The summed E-state index contributed by atoms with van der Waals surface area (Å²) in [4.78, 5) is 24.9. The number of phenolic OH excluding ortho intramolecular Hbond substituents is 1. The molecule has 5 nitrogen and oxygen atoms in total. The highest BCUT2D eigenvalue weighted by atomic mass is 16.5. The predicted octanol–water partition coefficient (Wildman–Crippen LogP) is 2.31. The number of ether oxygens (including phenoxy) is 1. The molecule has 24 heavy (non-hydrogen) atoms. The topological polar surface area (TPSA) is 66.8 Å². The molecule has 1 atom stereocenters. The molecule has 1 amide bonds. The number of rotatable bonds is 4. The summed E-state index contributed by atoms with van der Waals surface area (Å²) in [6.45, 7) is 2.58. The molecule has 3 rings (SSSR count). The van der Waals surface area contributed by atoms with Crippen LogP contribution in [0.5, 0.6) is 11.5 Å². The number of carbonyl (C=O) groups is 2. The summed E-state index contributed by atoms with van der Waals surface area (Å²) in [5.74, 6) is 0.649. The van der Waals surface area contributed by atoms with Gasteiger partial charge in [-0.2, -0.15) is 0 Å². The van der Waals surface area contributed by atoms with Crippen molar-refractivity contribution in [1.82, 2.24) is 4.90 Å². The summed E-state index contributed by atoms with van der Waals surface area (Å²) in [6.07, 6.45) is 6.10. The van der Waals surface area contributed by atoms with Crippen molar-refractivity contribution in [2.24, 2.45) is 0 Å². The van der Waals surface area contributed by atoms with E-state index in [4.69, 9.17) is 4.74 Å². The molecule has 5 heteroatoms. The van der Waals surface area contributed by atoms with Gasteiger partial charge in [0.05, 0.1) is 13.2 Å². The number of ketones is 1. The van der Waals surface area contributed by atoms with Crippen molar-refractivity contribution in [1.29, 1.82) is 0 Å². The number of allylic oxidation sites excluding steroid dienone is 1. The Morgan fingerprint density at radius 1 is 1.38 bits per heavy atom. The van der Waals surface area contributed by atoms with E-state index < -0.39 is 0 Å². The molecule has 1 aliphatic heterocycles. The first kappa shape index (κ1) is 16.3. The Hall–Kier alpha value is -2.56. The highest BCUT2D eigenvalue weighted by Crippen LogP contribution is 2.34. The number of benzene rings is 1. The molecule has 0 bridgehead atoms. The van der Waals surface area contributed by atoms with Gasteiger partial charge in [0.2, 0.25) is 6.41 Å². The molecule has 2 aliphatic rings. The molecule has 1 aromatic carbocycles. The van der Waals surface area contributed by atoms with Crippen LogP contribution < -0.4 is 4.74 Å². The summed E-state index contributed by atoms with van der Waals surface area (Å²) in [5, 5.41) is 10.1. The number of nitrogens with zero attached hydrogens (tertiary/aromatic N) is 1. The number of hydrogen-bond acceptors (Lipinski definition) is 4. The Morgan fingerprint density at radius 3 is 2.88 bits per heavy atom. The smallest absolute Gasteiger partial charge is 0.210 e. The van der Waals surface area contributed by atoms with Crippen LogP contribution >= 0.6 is 0 Å². The van der Waals surface area contributed by atoms with Crippen LogP contribution in [-0.2, 0) is 16.0 Å². The van der Waals surface area contributed by atoms with Gasteiger partial charge in [0, 0.05) is 13.0 Å². The number of aromatic hydroxyl groups is 1. The van der Waals surface area contributed by atoms with Gasteiger partial charge in [-0.25, -0.2) is 0 Å². The summed E-state index contributed by atoms with van der Waals surface area (Å²) in [7, 11) is 1.52. The lowest BCUT2D eigenvalue weighted by molar-refractivity contribution is -0.119. The largest absolute Gasteiger partial charge is 0.504 e. The van der Waals surface area contributed by atoms with E-state index in [1.807, 2.05) is 13.0 Å². The van der Waals surface area contributed by atoms with Gasteiger partial charge in [0.25, 0.3) is 0 Å². The van der Waals surface area contributed by atoms with Gasteiger partial charge in [-0.15, -0.1) is 0 Å². The van der Waals surface area contributed by atoms with E-state index in [1.165, 1.54) is 7.11 Å². The van der Waals surface area contributed by atoms with E-state index in [9.17, 15) is 14.7 Å². The van der Waals surface area contributed by atoms with Crippen molar-refractivity contribution in [3.63, 3.8) is 0 Å². The quantitative estimate of drug-likeness (QED) is 0.862. The lowest BCUT2D eigenvalue weighted by Crippen LogP contribution is -2.42. The fraction of sp³-hybridized carbons (Fsp3) is 0.368. The summed E-state index contributed by atoms with van der Waals surface area (Å²) in [6, 6.07) is 3.39. The highest BCUT2D eigenvalue weighted by molar-refractivity contribution is 5.93. The van der Waals surface area contributed by atoms with Crippen LogP contribution in [0.15, 0.2) is 35.4 Å². The van der Waals surface area contributed by atoms with E-state index >= 15 is 0 Å². The maximum absolute atomic E-state index is 11.7. The molecule has 0 saturated carbocycles. The second-order valence-electron chi connectivity index (χ2n) is 6.30. The molecule has 1 aliphatic carbocycles. The first-order valence-electron chi connectivity index (χ1n) is 8.03. The second-order valence-corrected chi connectivity index (χ2v) is 6.30. The predicted molar refractivity (Wildman–Crippen MR) is 90.1 cm³/mol. The van der Waals surface area contributed by atoms with Crippen LogP contribution in [-0.4, -0.2) is 41.9 Å². The highest BCUT2D eigenvalue weighted by Gasteiger charge is 2.30. The van der Waals surface area contributed by atoms with Gasteiger partial charge in [-0.1, -0.05) is 11.6 Å². The van der Waals surface area contributed by atoms with Crippen LogP contribution in [0, 0.1) is 6.92 Å². The monoisotopic (exact) mass is 327 g/mol. The molecule has 1 unspecified atom stereocenters. The van der Waals surface area contributed by atoms with Crippen molar-refractivity contribution in [3.05, 3.63) is 46.6 Å². The van der Waals surface area contributed by atoms with Gasteiger partial charge in [-0.05, 0) is 54.7 Å². The van der Waals surface area contributed by atoms with Crippen LogP contribution in [0.25, 0.3) is 0 Å². The van der Waals surface area contributed by atoms with Gasteiger partial charge < -0.3 is 14.7 Å². The molecule has 1 heterocycles. The number of amides is 1. The molecular weight excluding hydrogens is 306 g/mol. The number of phenols is 1. The third-order valence-electron chi connectivity index (χ3n) is 4.86. The first-order valence-corrected chi connectivity index (χ1v) is 8.03. The molecule has 126 valence electrons. The maximum Gasteiger partial charge on any atom is 0.210 e. The Kier molecular flexibility index (Phi) is 4.42. The molecule has 1 aromatic rings. The molecule has 0 fully saturated rings. The molecule has 1 N–H and O–H groups in total. The van der Waals surface area contributed by atoms with Gasteiger partial charge >= 0.3 is 0 Å². The average Bonchev–Trinajstić information content (AvgIpc) is 2.57. The number of carbonyl (C=O) groups excluding carboxylic acids is 2. The lowest BCUT2D eigenvalue weighted by Gasteiger charge is -2.37. The van der Waals surface area contributed by atoms with Crippen LogP contribution in [0.1, 0.15) is 24.0 Å². The van der Waals surface area contributed by atoms with Crippen molar-refractivity contribution < 1.29 is 19.4 Å². The molecular formula is C19H21NO4. The molecule has 0 spiro atoms. The van der Waals surface area contributed by atoms with Gasteiger partial charge in [0.15, 0.2) is 17.3 Å². The Labute approximate surface area is 141 Å². The van der Waals surface area contributed by atoms with Crippen molar-refractivity contribution in [2.45, 2.75) is 32.2 Å². The summed E-state index contributed by atoms with van der Waals surface area (Å²) in [5.41, 5.74) is 4.15. The third kappa shape index (κ3) is 2.94. The van der Waals surface area contributed by atoms with Crippen LogP contribution in [0.2, 0.25) is 0 Å². The van der Waals surface area contributed by atoms with Gasteiger partial charge in [0.1, 0.15) is 0 Å². The zero-order valence-corrected chi connectivity index (χ0v) is 13.9. The van der Waals surface area contributed by atoms with E-state index in [1.54, 1.807) is 23.1 Å². The number of methoxy groups -OCH3 is 1. The normalized spacial score (nSPS) is 20.2. The maximum atomic E-state index is 11.7. The SMILES string of the molecule is COc1cc(C)c(CC2C3=C(CCN2C=O)CC(=O)C=C3)cc1O. The van der Waals surface area contributed by atoms with Crippen molar-refractivity contribution in [3.8, 4) is 11.5 Å². The minimum absolute atomic E-state index is 0.0927.